The molecule has 1 spiro atoms. The summed E-state index contributed by atoms with van der Waals surface area (Å²) in [5.74, 6) is -3.77. The van der Waals surface area contributed by atoms with Crippen LogP contribution < -0.4 is 0 Å². The molecule has 5 fully saturated rings. The van der Waals surface area contributed by atoms with Gasteiger partial charge in [-0.05, 0) is 30.0 Å². The average molecular weight is 571 g/mol. The van der Waals surface area contributed by atoms with Crippen LogP contribution in [0.3, 0.4) is 0 Å². The molecule has 1 aromatic rings. The summed E-state index contributed by atoms with van der Waals surface area (Å²) in [6.07, 6.45) is -0.419. The number of carbonyl (C=O) groups is 4. The second-order valence-corrected chi connectivity index (χ2v) is 13.6. The molecule has 10 unspecified atom stereocenters. The van der Waals surface area contributed by atoms with Crippen molar-refractivity contribution in [3.63, 3.8) is 0 Å². The highest BCUT2D eigenvalue weighted by Gasteiger charge is 2.81. The topological polar surface area (TPSA) is 139 Å². The molecule has 10 heteroatoms. The van der Waals surface area contributed by atoms with Crippen LogP contribution in [0, 0.1) is 28.6 Å². The predicted molar refractivity (Wildman–Crippen MR) is 141 cm³/mol. The smallest absolute Gasteiger partial charge is 0.309 e. The minimum atomic E-state index is -1.66. The van der Waals surface area contributed by atoms with Crippen molar-refractivity contribution in [3.05, 3.63) is 36.3 Å². The number of Topliss-reactive ketones (excluding diaryl/α,β-unsaturated/α-hetero) is 1. The molecule has 0 radical (unpaired) electrons. The summed E-state index contributed by atoms with van der Waals surface area (Å²) in [6.45, 7) is 13.4. The monoisotopic (exact) mass is 570 g/mol. The minimum Gasteiger partial charge on any atom is -0.472 e. The van der Waals surface area contributed by atoms with Crippen LogP contribution in [0.4, 0.5) is 0 Å². The fourth-order valence-electron chi connectivity index (χ4n) is 9.07. The van der Waals surface area contributed by atoms with Gasteiger partial charge in [0.25, 0.3) is 0 Å². The maximum absolute atomic E-state index is 14.3. The van der Waals surface area contributed by atoms with Crippen molar-refractivity contribution in [3.8, 4) is 0 Å². The van der Waals surface area contributed by atoms with E-state index in [4.69, 9.17) is 23.4 Å². The van der Waals surface area contributed by atoms with Gasteiger partial charge in [-0.1, -0.05) is 34.3 Å². The number of furan rings is 1. The summed E-state index contributed by atoms with van der Waals surface area (Å²) in [6, 6.07) is 1.76. The summed E-state index contributed by atoms with van der Waals surface area (Å²) in [4.78, 5) is 53.4. The van der Waals surface area contributed by atoms with Crippen LogP contribution in [0.2, 0.25) is 0 Å². The lowest BCUT2D eigenvalue weighted by Crippen LogP contribution is -2.76. The van der Waals surface area contributed by atoms with Gasteiger partial charge in [0.1, 0.15) is 18.3 Å². The van der Waals surface area contributed by atoms with E-state index in [1.54, 1.807) is 26.2 Å². The fourth-order valence-corrected chi connectivity index (χ4v) is 9.07. The molecule has 2 saturated carbocycles. The van der Waals surface area contributed by atoms with E-state index in [1.807, 2.05) is 20.8 Å². The Balaban J connectivity index is 1.56. The van der Waals surface area contributed by atoms with Crippen LogP contribution in [-0.4, -0.2) is 64.9 Å². The molecule has 0 aromatic carbocycles. The number of rotatable bonds is 4. The predicted octanol–water partition coefficient (Wildman–Crippen LogP) is 3.26. The molecule has 2 aliphatic carbocycles. The van der Waals surface area contributed by atoms with E-state index >= 15 is 0 Å². The Hall–Kier alpha value is -2.98. The number of hydrogen-bond donors (Lipinski definition) is 1. The van der Waals surface area contributed by atoms with E-state index in [0.717, 1.165) is 0 Å². The Labute approximate surface area is 238 Å². The number of ether oxygens (including phenoxy) is 4. The van der Waals surface area contributed by atoms with Gasteiger partial charge in [0.15, 0.2) is 11.4 Å². The molecule has 4 heterocycles. The molecule has 3 saturated heterocycles. The van der Waals surface area contributed by atoms with E-state index in [0.29, 0.717) is 11.1 Å². The highest BCUT2D eigenvalue weighted by Crippen LogP contribution is 2.72. The molecule has 41 heavy (non-hydrogen) atoms. The van der Waals surface area contributed by atoms with Crippen LogP contribution in [0.25, 0.3) is 0 Å². The second kappa shape index (κ2) is 9.01. The molecule has 10 atom stereocenters. The largest absolute Gasteiger partial charge is 0.472 e. The van der Waals surface area contributed by atoms with E-state index in [2.05, 4.69) is 6.58 Å². The Morgan fingerprint density at radius 1 is 1.15 bits per heavy atom. The zero-order chi connectivity index (χ0) is 29.7. The van der Waals surface area contributed by atoms with Gasteiger partial charge in [0.05, 0.1) is 43.0 Å². The Morgan fingerprint density at radius 3 is 2.54 bits per heavy atom. The summed E-state index contributed by atoms with van der Waals surface area (Å²) in [5.41, 5.74) is -4.15. The maximum atomic E-state index is 14.3. The molecule has 0 amide bonds. The Morgan fingerprint density at radius 2 is 1.88 bits per heavy atom. The van der Waals surface area contributed by atoms with Gasteiger partial charge in [0.2, 0.25) is 0 Å². The average Bonchev–Trinajstić information content (AvgIpc) is 3.46. The van der Waals surface area contributed by atoms with Crippen molar-refractivity contribution in [1.29, 1.82) is 0 Å². The van der Waals surface area contributed by atoms with Crippen molar-refractivity contribution in [1.82, 2.24) is 0 Å². The number of esters is 3. The van der Waals surface area contributed by atoms with Gasteiger partial charge in [-0.3, -0.25) is 19.2 Å². The van der Waals surface area contributed by atoms with Crippen molar-refractivity contribution in [2.45, 2.75) is 95.7 Å². The molecule has 10 nitrogen and oxygen atoms in total. The van der Waals surface area contributed by atoms with Gasteiger partial charge in [0, 0.05) is 36.0 Å². The lowest BCUT2D eigenvalue weighted by molar-refractivity contribution is -0.295. The number of hydrogen-bond acceptors (Lipinski definition) is 10. The lowest BCUT2D eigenvalue weighted by Gasteiger charge is -2.67. The van der Waals surface area contributed by atoms with Crippen molar-refractivity contribution < 1.29 is 47.6 Å². The Bertz CT molecular complexity index is 1320. The highest BCUT2D eigenvalue weighted by atomic mass is 16.6. The van der Waals surface area contributed by atoms with Crippen LogP contribution in [0.1, 0.15) is 71.8 Å². The van der Waals surface area contributed by atoms with Crippen LogP contribution in [0.5, 0.6) is 0 Å². The Kier molecular flexibility index (Phi) is 6.19. The molecule has 6 rings (SSSR count). The zero-order valence-corrected chi connectivity index (χ0v) is 24.1. The first-order valence-corrected chi connectivity index (χ1v) is 14.4. The number of ketones is 1. The van der Waals surface area contributed by atoms with Gasteiger partial charge in [-0.25, -0.2) is 0 Å². The number of aliphatic hydroxyl groups excluding tert-OH is 1. The SMILES string of the molecule is C=C1C2C(O)C(OC(=O)CC(C)C)C3(C)C(c4ccoc4)CC(=O)C13OC1CC(=O)OC3(C)COC(=O)CC3C12C. The molecule has 5 aliphatic rings. The number of cyclic esters (lactones) is 1. The standard InChI is InChI=1S/C31H38O10/c1-15(2)9-23(34)39-27-26(36)25-16(3)31(20(32)10-18(30(27,31)6)17-7-8-37-13-17)40-21-12-24(35)41-28(4)14-38-22(33)11-19(28)29(21,25)5/h7-8,13,15,18-19,21,25-27,36H,3,9-12,14H2,1-2,4-6H3. The van der Waals surface area contributed by atoms with Crippen LogP contribution in [0.15, 0.2) is 35.2 Å². The lowest BCUT2D eigenvalue weighted by atomic mass is 9.44. The molecule has 222 valence electrons. The first kappa shape index (κ1) is 28.2. The zero-order valence-electron chi connectivity index (χ0n) is 24.1. The third kappa shape index (κ3) is 3.55. The number of aliphatic hydroxyl groups is 1. The first-order valence-electron chi connectivity index (χ1n) is 14.4. The highest BCUT2D eigenvalue weighted by molar-refractivity contribution is 5.97. The third-order valence-electron chi connectivity index (χ3n) is 10.9. The van der Waals surface area contributed by atoms with Crippen molar-refractivity contribution >= 4 is 23.7 Å². The third-order valence-corrected chi connectivity index (χ3v) is 10.9. The van der Waals surface area contributed by atoms with Gasteiger partial charge < -0.3 is 28.5 Å². The molecule has 1 N–H and O–H groups in total. The number of fused-ring (bicyclic) bond motifs is 5. The summed E-state index contributed by atoms with van der Waals surface area (Å²) in [5, 5.41) is 12.4. The van der Waals surface area contributed by atoms with Crippen LogP contribution in [-0.2, 0) is 38.1 Å². The van der Waals surface area contributed by atoms with Crippen molar-refractivity contribution in [2.75, 3.05) is 6.61 Å². The quantitative estimate of drug-likeness (QED) is 0.326. The first-order chi connectivity index (χ1) is 19.2. The van der Waals surface area contributed by atoms with E-state index in [9.17, 15) is 24.3 Å². The van der Waals surface area contributed by atoms with E-state index in [1.165, 1.54) is 6.26 Å². The minimum absolute atomic E-state index is 0.00599. The molecule has 3 aliphatic heterocycles. The summed E-state index contributed by atoms with van der Waals surface area (Å²) >= 11 is 0. The number of carbonyl (C=O) groups excluding carboxylic acids is 4. The molecular formula is C31H38O10. The fraction of sp³-hybridized carbons (Fsp3) is 0.677. The van der Waals surface area contributed by atoms with E-state index in [-0.39, 0.29) is 44.0 Å². The summed E-state index contributed by atoms with van der Waals surface area (Å²) < 4.78 is 29.7. The molecule has 2 bridgehead atoms. The maximum Gasteiger partial charge on any atom is 0.309 e. The van der Waals surface area contributed by atoms with Gasteiger partial charge in [-0.15, -0.1) is 0 Å². The molecule has 1 aromatic heterocycles. The summed E-state index contributed by atoms with van der Waals surface area (Å²) in [7, 11) is 0. The normalized spacial score (nSPS) is 45.2. The molecular weight excluding hydrogens is 532 g/mol. The van der Waals surface area contributed by atoms with Gasteiger partial charge in [-0.2, -0.15) is 0 Å². The van der Waals surface area contributed by atoms with Crippen LogP contribution >= 0.6 is 0 Å². The van der Waals surface area contributed by atoms with Gasteiger partial charge >= 0.3 is 17.9 Å². The second-order valence-electron chi connectivity index (χ2n) is 13.6. The van der Waals surface area contributed by atoms with E-state index < -0.39 is 76.0 Å². The van der Waals surface area contributed by atoms with Crippen molar-refractivity contribution in [2.24, 2.45) is 28.6 Å².